The average molecular weight is 274 g/mol. The van der Waals surface area contributed by atoms with E-state index in [2.05, 4.69) is 17.6 Å². The number of hydrogen-bond acceptors (Lipinski definition) is 2. The maximum atomic E-state index is 13.8. The Morgan fingerprint density at radius 2 is 2.00 bits per heavy atom. The maximum absolute atomic E-state index is 13.8. The van der Waals surface area contributed by atoms with Crippen molar-refractivity contribution in [3.05, 3.63) is 70.8 Å². The van der Waals surface area contributed by atoms with Crippen LogP contribution in [0.2, 0.25) is 0 Å². The molecule has 0 saturated carbocycles. The zero-order chi connectivity index (χ0) is 14.1. The van der Waals surface area contributed by atoms with E-state index in [1.54, 1.807) is 0 Å². The number of nitrogens with one attached hydrogen (secondary N) is 1. The molecule has 0 fully saturated rings. The van der Waals surface area contributed by atoms with Crippen LogP contribution in [0.4, 0.5) is 8.78 Å². The summed E-state index contributed by atoms with van der Waals surface area (Å²) in [6, 6.07) is 11.3. The summed E-state index contributed by atoms with van der Waals surface area (Å²) in [5.41, 5.74) is 5.51. The van der Waals surface area contributed by atoms with E-state index in [0.717, 1.165) is 18.6 Å². The first-order chi connectivity index (χ1) is 9.69. The lowest BCUT2D eigenvalue weighted by molar-refractivity contribution is 0.419. The standard InChI is InChI=1S/C16H16F2N2/c17-12-5-6-15(18)14(9-12)16(20-19)8-11-7-10-3-1-2-4-13(10)11/h1-6,9,11,16,20H,7-8,19H2. The van der Waals surface area contributed by atoms with Crippen molar-refractivity contribution in [2.45, 2.75) is 24.8 Å². The van der Waals surface area contributed by atoms with Gasteiger partial charge in [-0.05, 0) is 48.1 Å². The molecule has 2 nitrogen and oxygen atoms in total. The van der Waals surface area contributed by atoms with Crippen LogP contribution < -0.4 is 11.3 Å². The van der Waals surface area contributed by atoms with E-state index in [0.29, 0.717) is 12.3 Å². The van der Waals surface area contributed by atoms with Crippen LogP contribution in [0, 0.1) is 11.6 Å². The van der Waals surface area contributed by atoms with Crippen molar-refractivity contribution in [2.75, 3.05) is 0 Å². The SMILES string of the molecule is NNC(CC1Cc2ccccc21)c1cc(F)ccc1F. The van der Waals surface area contributed by atoms with Gasteiger partial charge >= 0.3 is 0 Å². The molecule has 0 amide bonds. The third-order valence-electron chi connectivity index (χ3n) is 4.02. The average Bonchev–Trinajstić information content (AvgIpc) is 2.43. The van der Waals surface area contributed by atoms with Crippen LogP contribution in [0.15, 0.2) is 42.5 Å². The van der Waals surface area contributed by atoms with Crippen molar-refractivity contribution < 1.29 is 8.78 Å². The highest BCUT2D eigenvalue weighted by molar-refractivity contribution is 5.40. The van der Waals surface area contributed by atoms with E-state index in [1.165, 1.54) is 17.2 Å². The summed E-state index contributed by atoms with van der Waals surface area (Å²) < 4.78 is 27.1. The van der Waals surface area contributed by atoms with Crippen LogP contribution in [0.5, 0.6) is 0 Å². The summed E-state index contributed by atoms with van der Waals surface area (Å²) >= 11 is 0. The molecule has 2 unspecified atom stereocenters. The lowest BCUT2D eigenvalue weighted by Gasteiger charge is -2.33. The first-order valence-corrected chi connectivity index (χ1v) is 6.68. The zero-order valence-corrected chi connectivity index (χ0v) is 10.9. The number of hydrazine groups is 1. The van der Waals surface area contributed by atoms with Gasteiger partial charge in [-0.3, -0.25) is 11.3 Å². The van der Waals surface area contributed by atoms with Gasteiger partial charge in [-0.1, -0.05) is 24.3 Å². The number of halogens is 2. The second-order valence-corrected chi connectivity index (χ2v) is 5.22. The molecule has 0 saturated heterocycles. The van der Waals surface area contributed by atoms with Gasteiger partial charge < -0.3 is 0 Å². The Bertz CT molecular complexity index is 628. The van der Waals surface area contributed by atoms with Crippen LogP contribution in [-0.4, -0.2) is 0 Å². The van der Waals surface area contributed by atoms with Crippen molar-refractivity contribution in [3.63, 3.8) is 0 Å². The maximum Gasteiger partial charge on any atom is 0.128 e. The van der Waals surface area contributed by atoms with Gasteiger partial charge in [-0.2, -0.15) is 0 Å². The van der Waals surface area contributed by atoms with Crippen molar-refractivity contribution in [2.24, 2.45) is 5.84 Å². The molecule has 4 heteroatoms. The first-order valence-electron chi connectivity index (χ1n) is 6.68. The van der Waals surface area contributed by atoms with Gasteiger partial charge in [-0.25, -0.2) is 8.78 Å². The molecule has 0 aromatic heterocycles. The van der Waals surface area contributed by atoms with Crippen molar-refractivity contribution >= 4 is 0 Å². The Labute approximate surface area is 116 Å². The van der Waals surface area contributed by atoms with Gasteiger partial charge in [0.15, 0.2) is 0 Å². The van der Waals surface area contributed by atoms with Gasteiger partial charge in [0.2, 0.25) is 0 Å². The molecule has 104 valence electrons. The van der Waals surface area contributed by atoms with E-state index in [9.17, 15) is 8.78 Å². The summed E-state index contributed by atoms with van der Waals surface area (Å²) in [5, 5.41) is 0. The summed E-state index contributed by atoms with van der Waals surface area (Å²) in [5.74, 6) is 5.00. The lowest BCUT2D eigenvalue weighted by atomic mass is 9.74. The molecule has 2 atom stereocenters. The molecule has 0 radical (unpaired) electrons. The van der Waals surface area contributed by atoms with E-state index in [1.807, 2.05) is 12.1 Å². The monoisotopic (exact) mass is 274 g/mol. The number of fused-ring (bicyclic) bond motifs is 1. The second kappa shape index (κ2) is 5.31. The summed E-state index contributed by atoms with van der Waals surface area (Å²) in [6.45, 7) is 0. The zero-order valence-electron chi connectivity index (χ0n) is 10.9. The fraction of sp³-hybridized carbons (Fsp3) is 0.250. The Morgan fingerprint density at radius 3 is 2.75 bits per heavy atom. The quantitative estimate of drug-likeness (QED) is 0.663. The second-order valence-electron chi connectivity index (χ2n) is 5.22. The van der Waals surface area contributed by atoms with Gasteiger partial charge in [-0.15, -0.1) is 0 Å². The minimum atomic E-state index is -0.448. The molecule has 1 aliphatic rings. The van der Waals surface area contributed by atoms with Gasteiger partial charge in [0.25, 0.3) is 0 Å². The van der Waals surface area contributed by atoms with Gasteiger partial charge in [0.05, 0.1) is 0 Å². The van der Waals surface area contributed by atoms with Crippen LogP contribution in [-0.2, 0) is 6.42 Å². The van der Waals surface area contributed by atoms with E-state index < -0.39 is 11.6 Å². The predicted octanol–water partition coefficient (Wildman–Crippen LogP) is 3.20. The van der Waals surface area contributed by atoms with Crippen molar-refractivity contribution in [3.8, 4) is 0 Å². The van der Waals surface area contributed by atoms with Crippen LogP contribution in [0.1, 0.15) is 35.1 Å². The number of nitrogens with two attached hydrogens (primary N) is 1. The minimum Gasteiger partial charge on any atom is -0.271 e. The molecule has 3 rings (SSSR count). The normalized spacial score (nSPS) is 18.2. The first kappa shape index (κ1) is 13.2. The molecule has 0 bridgehead atoms. The summed E-state index contributed by atoms with van der Waals surface area (Å²) in [7, 11) is 0. The topological polar surface area (TPSA) is 38.0 Å². The molecule has 20 heavy (non-hydrogen) atoms. The molecular formula is C16H16F2N2. The fourth-order valence-corrected chi connectivity index (χ4v) is 2.92. The van der Waals surface area contributed by atoms with Gasteiger partial charge in [0.1, 0.15) is 11.6 Å². The van der Waals surface area contributed by atoms with Crippen LogP contribution >= 0.6 is 0 Å². The van der Waals surface area contributed by atoms with E-state index in [4.69, 9.17) is 5.84 Å². The van der Waals surface area contributed by atoms with Crippen LogP contribution in [0.25, 0.3) is 0 Å². The third kappa shape index (κ3) is 2.32. The molecule has 2 aromatic rings. The highest BCUT2D eigenvalue weighted by Crippen LogP contribution is 2.40. The summed E-state index contributed by atoms with van der Waals surface area (Å²) in [4.78, 5) is 0. The van der Waals surface area contributed by atoms with E-state index in [-0.39, 0.29) is 11.6 Å². The Kier molecular flexibility index (Phi) is 3.51. The third-order valence-corrected chi connectivity index (χ3v) is 4.02. The Hall–Kier alpha value is -1.78. The molecule has 3 N–H and O–H groups in total. The molecule has 1 aliphatic carbocycles. The van der Waals surface area contributed by atoms with Crippen molar-refractivity contribution in [1.29, 1.82) is 0 Å². The molecule has 0 aliphatic heterocycles. The lowest BCUT2D eigenvalue weighted by Crippen LogP contribution is -2.32. The van der Waals surface area contributed by atoms with E-state index >= 15 is 0 Å². The number of rotatable bonds is 4. The Morgan fingerprint density at radius 1 is 1.20 bits per heavy atom. The molecule has 0 heterocycles. The minimum absolute atomic E-state index is 0.289. The smallest absolute Gasteiger partial charge is 0.128 e. The fourth-order valence-electron chi connectivity index (χ4n) is 2.92. The highest BCUT2D eigenvalue weighted by Gasteiger charge is 2.29. The predicted molar refractivity (Wildman–Crippen MR) is 73.9 cm³/mol. The number of benzene rings is 2. The molecule has 0 spiro atoms. The van der Waals surface area contributed by atoms with Crippen molar-refractivity contribution in [1.82, 2.24) is 5.43 Å². The number of hydrogen-bond donors (Lipinski definition) is 2. The van der Waals surface area contributed by atoms with Gasteiger partial charge in [0, 0.05) is 11.6 Å². The van der Waals surface area contributed by atoms with Crippen LogP contribution in [0.3, 0.4) is 0 Å². The molecular weight excluding hydrogens is 258 g/mol. The molecule has 2 aromatic carbocycles. The summed E-state index contributed by atoms with van der Waals surface area (Å²) in [6.07, 6.45) is 1.62. The Balaban J connectivity index is 1.80. The largest absolute Gasteiger partial charge is 0.271 e. The highest BCUT2D eigenvalue weighted by atomic mass is 19.1.